The second kappa shape index (κ2) is 11.3. The van der Waals surface area contributed by atoms with E-state index in [0.717, 1.165) is 51.9 Å². The van der Waals surface area contributed by atoms with Crippen molar-refractivity contribution in [2.75, 3.05) is 40.0 Å². The van der Waals surface area contributed by atoms with Crippen LogP contribution in [0.4, 0.5) is 0 Å². The van der Waals surface area contributed by atoms with E-state index in [1.54, 1.807) is 0 Å². The number of hydrogen-bond acceptors (Lipinski definition) is 6. The lowest BCUT2D eigenvalue weighted by atomic mass is 9.93. The zero-order valence-electron chi connectivity index (χ0n) is 14.0. The number of methoxy groups -OCH3 is 1. The molecule has 0 amide bonds. The molecule has 1 rings (SSSR count). The molecular weight excluding hydrogens is 286 g/mol. The van der Waals surface area contributed by atoms with E-state index in [1.807, 2.05) is 4.90 Å². The average molecular weight is 319 g/mol. The number of likely N-dealkylation sites (tertiary alicyclic amines) is 1. The van der Waals surface area contributed by atoms with E-state index >= 15 is 0 Å². The van der Waals surface area contributed by atoms with Crippen molar-refractivity contribution in [2.24, 2.45) is 0 Å². The maximum atomic E-state index is 10.2. The molecule has 0 aromatic rings. The first-order valence-electron chi connectivity index (χ1n) is 8.47. The molecule has 1 fully saturated rings. The van der Waals surface area contributed by atoms with Crippen LogP contribution in [0, 0.1) is 0 Å². The summed E-state index contributed by atoms with van der Waals surface area (Å²) >= 11 is 0. The fourth-order valence-electron chi connectivity index (χ4n) is 3.04. The van der Waals surface area contributed by atoms with E-state index in [2.05, 4.69) is 6.92 Å². The van der Waals surface area contributed by atoms with Gasteiger partial charge in [-0.15, -0.1) is 0 Å². The third kappa shape index (κ3) is 6.10. The Balaban J connectivity index is 2.23. The zero-order chi connectivity index (χ0) is 16.4. The fourth-order valence-corrected chi connectivity index (χ4v) is 3.04. The van der Waals surface area contributed by atoms with Crippen LogP contribution in [-0.4, -0.2) is 84.6 Å². The molecule has 0 unspecified atom stereocenters. The van der Waals surface area contributed by atoms with Crippen molar-refractivity contribution in [2.45, 2.75) is 63.4 Å². The predicted octanol–water partition coefficient (Wildman–Crippen LogP) is 0.387. The smallest absolute Gasteiger partial charge is 0.112 e. The highest BCUT2D eigenvalue weighted by molar-refractivity contribution is 4.94. The Hall–Kier alpha value is -0.240. The Morgan fingerprint density at radius 1 is 1.09 bits per heavy atom. The minimum absolute atomic E-state index is 0.126. The molecule has 3 N–H and O–H groups in total. The van der Waals surface area contributed by atoms with Gasteiger partial charge < -0.3 is 24.8 Å². The van der Waals surface area contributed by atoms with Gasteiger partial charge in [-0.3, -0.25) is 4.90 Å². The quantitative estimate of drug-likeness (QED) is 0.478. The molecule has 6 nitrogen and oxygen atoms in total. The predicted molar refractivity (Wildman–Crippen MR) is 84.8 cm³/mol. The second-order valence-corrected chi connectivity index (χ2v) is 6.03. The molecule has 0 spiro atoms. The largest absolute Gasteiger partial charge is 0.395 e. The number of piperidine rings is 1. The number of rotatable bonds is 11. The molecule has 132 valence electrons. The van der Waals surface area contributed by atoms with E-state index in [9.17, 15) is 15.3 Å². The molecule has 1 aliphatic heterocycles. The van der Waals surface area contributed by atoms with Crippen LogP contribution in [0.25, 0.3) is 0 Å². The van der Waals surface area contributed by atoms with Gasteiger partial charge in [0, 0.05) is 26.9 Å². The topological polar surface area (TPSA) is 82.4 Å². The lowest BCUT2D eigenvalue weighted by molar-refractivity contribution is -0.157. The van der Waals surface area contributed by atoms with Crippen molar-refractivity contribution < 1.29 is 24.8 Å². The number of nitrogens with zero attached hydrogens (tertiary/aromatic N) is 1. The van der Waals surface area contributed by atoms with Crippen LogP contribution >= 0.6 is 0 Å². The van der Waals surface area contributed by atoms with Gasteiger partial charge in [0.1, 0.15) is 12.2 Å². The summed E-state index contributed by atoms with van der Waals surface area (Å²) in [6.07, 6.45) is 3.12. The van der Waals surface area contributed by atoms with Crippen LogP contribution in [0.1, 0.15) is 39.0 Å². The monoisotopic (exact) mass is 319 g/mol. The van der Waals surface area contributed by atoms with E-state index < -0.39 is 18.3 Å². The Bertz CT molecular complexity index is 279. The van der Waals surface area contributed by atoms with Gasteiger partial charge in [0.2, 0.25) is 0 Å². The fraction of sp³-hybridized carbons (Fsp3) is 1.00. The highest BCUT2D eigenvalue weighted by atomic mass is 16.5. The first-order chi connectivity index (χ1) is 10.7. The van der Waals surface area contributed by atoms with Gasteiger partial charge >= 0.3 is 0 Å². The van der Waals surface area contributed by atoms with Crippen molar-refractivity contribution >= 4 is 0 Å². The summed E-state index contributed by atoms with van der Waals surface area (Å²) < 4.78 is 10.6. The van der Waals surface area contributed by atoms with Crippen molar-refractivity contribution in [1.82, 2.24) is 4.90 Å². The molecule has 0 aromatic heterocycles. The Labute approximate surface area is 134 Å². The Morgan fingerprint density at radius 2 is 1.82 bits per heavy atom. The second-order valence-electron chi connectivity index (χ2n) is 6.03. The number of aliphatic hydroxyl groups is 3. The molecule has 0 aliphatic carbocycles. The van der Waals surface area contributed by atoms with Crippen molar-refractivity contribution in [1.29, 1.82) is 0 Å². The average Bonchev–Trinajstić information content (AvgIpc) is 2.50. The van der Waals surface area contributed by atoms with Crippen LogP contribution in [0.15, 0.2) is 0 Å². The Kier molecular flexibility index (Phi) is 10.2. The highest BCUT2D eigenvalue weighted by Crippen LogP contribution is 2.21. The summed E-state index contributed by atoms with van der Waals surface area (Å²) in [6, 6.07) is -0.360. The molecule has 6 heteroatoms. The van der Waals surface area contributed by atoms with E-state index in [-0.39, 0.29) is 12.6 Å². The van der Waals surface area contributed by atoms with Crippen LogP contribution in [-0.2, 0) is 9.47 Å². The lowest BCUT2D eigenvalue weighted by Crippen LogP contribution is -2.63. The number of aliphatic hydroxyl groups excluding tert-OH is 3. The first kappa shape index (κ1) is 19.8. The van der Waals surface area contributed by atoms with E-state index in [4.69, 9.17) is 9.47 Å². The van der Waals surface area contributed by atoms with Crippen LogP contribution < -0.4 is 0 Å². The third-order valence-electron chi connectivity index (χ3n) is 4.29. The van der Waals surface area contributed by atoms with Gasteiger partial charge in [-0.05, 0) is 25.8 Å². The van der Waals surface area contributed by atoms with Crippen molar-refractivity contribution in [3.8, 4) is 0 Å². The summed E-state index contributed by atoms with van der Waals surface area (Å²) in [5.74, 6) is 0. The molecule has 1 saturated heterocycles. The molecule has 1 heterocycles. The minimum Gasteiger partial charge on any atom is -0.395 e. The molecule has 22 heavy (non-hydrogen) atoms. The highest BCUT2D eigenvalue weighted by Gasteiger charge is 2.41. The maximum Gasteiger partial charge on any atom is 0.112 e. The summed E-state index contributed by atoms with van der Waals surface area (Å²) in [6.45, 7) is 4.84. The van der Waals surface area contributed by atoms with Gasteiger partial charge in [-0.25, -0.2) is 0 Å². The van der Waals surface area contributed by atoms with Gasteiger partial charge in [-0.1, -0.05) is 19.8 Å². The molecule has 0 bridgehead atoms. The van der Waals surface area contributed by atoms with Gasteiger partial charge in [0.05, 0.1) is 18.8 Å². The van der Waals surface area contributed by atoms with Crippen molar-refractivity contribution in [3.63, 3.8) is 0 Å². The third-order valence-corrected chi connectivity index (χ3v) is 4.29. The van der Waals surface area contributed by atoms with Gasteiger partial charge in [0.15, 0.2) is 0 Å². The summed E-state index contributed by atoms with van der Waals surface area (Å²) in [7, 11) is 1.47. The first-order valence-corrected chi connectivity index (χ1v) is 8.47. The molecule has 1 aliphatic rings. The van der Waals surface area contributed by atoms with Crippen LogP contribution in [0.5, 0.6) is 0 Å². The van der Waals surface area contributed by atoms with Crippen LogP contribution in [0.2, 0.25) is 0 Å². The summed E-state index contributed by atoms with van der Waals surface area (Å²) in [4.78, 5) is 1.97. The molecule has 0 saturated carbocycles. The summed E-state index contributed by atoms with van der Waals surface area (Å²) in [5, 5.41) is 29.7. The molecule has 0 aromatic carbocycles. The standard InChI is InChI=1S/C16H33NO5/c1-3-9-22-10-7-5-4-6-8-17-11-14(19)16(21-2)15(20)13(17)12-18/h13-16,18-20H,3-12H2,1-2H3/t13-,14+,15-,16-/m1/s1. The van der Waals surface area contributed by atoms with Gasteiger partial charge in [0.25, 0.3) is 0 Å². The number of hydrogen-bond donors (Lipinski definition) is 3. The number of β-amino-alcohol motifs (C(OH)–C–C–N with tert-alkyl or cyclic N) is 1. The number of ether oxygens (including phenoxy) is 2. The summed E-state index contributed by atoms with van der Waals surface area (Å²) in [5.41, 5.74) is 0. The lowest BCUT2D eigenvalue weighted by Gasteiger charge is -2.44. The molecular formula is C16H33NO5. The maximum absolute atomic E-state index is 10.2. The number of unbranched alkanes of at least 4 members (excludes halogenated alkanes) is 3. The molecule has 0 radical (unpaired) electrons. The minimum atomic E-state index is -0.860. The van der Waals surface area contributed by atoms with E-state index in [0.29, 0.717) is 6.54 Å². The molecule has 4 atom stereocenters. The zero-order valence-corrected chi connectivity index (χ0v) is 14.0. The van der Waals surface area contributed by atoms with E-state index in [1.165, 1.54) is 7.11 Å². The van der Waals surface area contributed by atoms with Crippen LogP contribution in [0.3, 0.4) is 0 Å². The van der Waals surface area contributed by atoms with Gasteiger partial charge in [-0.2, -0.15) is 0 Å². The SMILES string of the molecule is CCCOCCCCCCN1C[C@H](O)[C@@H](OC)[C@H](O)[C@H]1CO. The van der Waals surface area contributed by atoms with Crippen molar-refractivity contribution in [3.05, 3.63) is 0 Å². The normalized spacial score (nSPS) is 29.9. The Morgan fingerprint density at radius 3 is 2.45 bits per heavy atom.